The number of aromatic nitrogens is 5. The highest BCUT2D eigenvalue weighted by Crippen LogP contribution is 2.20. The molecule has 8 nitrogen and oxygen atoms in total. The van der Waals surface area contributed by atoms with Gasteiger partial charge in [-0.05, 0) is 6.07 Å². The summed E-state index contributed by atoms with van der Waals surface area (Å²) in [5, 5.41) is 4.06. The van der Waals surface area contributed by atoms with Gasteiger partial charge in [0.2, 0.25) is 5.78 Å². The van der Waals surface area contributed by atoms with Gasteiger partial charge < -0.3 is 4.90 Å². The van der Waals surface area contributed by atoms with Crippen LogP contribution in [0, 0.1) is 0 Å². The number of nitrogens with zero attached hydrogens (tertiary/aromatic N) is 6. The number of alkyl halides is 1. The average molecular weight is 418 g/mol. The van der Waals surface area contributed by atoms with Crippen molar-refractivity contribution in [2.75, 3.05) is 13.1 Å². The van der Waals surface area contributed by atoms with Crippen LogP contribution in [-0.2, 0) is 13.5 Å². The van der Waals surface area contributed by atoms with E-state index in [1.165, 1.54) is 15.8 Å². The van der Waals surface area contributed by atoms with Crippen molar-refractivity contribution in [1.82, 2.24) is 29.0 Å². The van der Waals surface area contributed by atoms with Gasteiger partial charge in [-0.3, -0.25) is 18.7 Å². The molecular formula is C22H19FN6O2. The molecule has 3 aromatic heterocycles. The minimum Gasteiger partial charge on any atom is -0.333 e. The number of amides is 1. The molecule has 0 aliphatic carbocycles. The SMILES string of the molecule is Cn1ncc(C(=O)N2CC(F)C2)c1C(=O)Cc1ccn2cc(-c3ccccc3)nc2n1. The minimum atomic E-state index is -1.01. The largest absolute Gasteiger partial charge is 0.333 e. The maximum Gasteiger partial charge on any atom is 0.258 e. The number of imidazole rings is 1. The van der Waals surface area contributed by atoms with E-state index in [-0.39, 0.29) is 42.5 Å². The van der Waals surface area contributed by atoms with Crippen LogP contribution >= 0.6 is 0 Å². The lowest BCUT2D eigenvalue weighted by atomic mass is 10.1. The number of carbonyl (C=O) groups is 2. The quantitative estimate of drug-likeness (QED) is 0.465. The molecule has 4 aromatic rings. The second kappa shape index (κ2) is 7.42. The van der Waals surface area contributed by atoms with Gasteiger partial charge in [0.15, 0.2) is 5.78 Å². The number of Topliss-reactive ketones (excluding diaryl/α,β-unsaturated/α-hetero) is 1. The van der Waals surface area contributed by atoms with Crippen LogP contribution in [0.15, 0.2) is 55.0 Å². The van der Waals surface area contributed by atoms with Crippen LogP contribution in [0.25, 0.3) is 17.0 Å². The van der Waals surface area contributed by atoms with Crippen molar-refractivity contribution in [3.63, 3.8) is 0 Å². The van der Waals surface area contributed by atoms with Crippen LogP contribution in [0.4, 0.5) is 4.39 Å². The number of carbonyl (C=O) groups excluding carboxylic acids is 2. The molecule has 0 bridgehead atoms. The van der Waals surface area contributed by atoms with Gasteiger partial charge in [0.05, 0.1) is 42.7 Å². The van der Waals surface area contributed by atoms with Gasteiger partial charge in [0.1, 0.15) is 11.9 Å². The van der Waals surface area contributed by atoms with E-state index < -0.39 is 6.17 Å². The lowest BCUT2D eigenvalue weighted by molar-refractivity contribution is 0.0398. The molecule has 0 radical (unpaired) electrons. The first kappa shape index (κ1) is 19.1. The molecule has 1 aromatic carbocycles. The molecule has 1 amide bonds. The van der Waals surface area contributed by atoms with E-state index in [0.29, 0.717) is 11.5 Å². The molecule has 4 heterocycles. The number of hydrogen-bond donors (Lipinski definition) is 0. The molecule has 1 saturated heterocycles. The highest BCUT2D eigenvalue weighted by Gasteiger charge is 2.34. The Balaban J connectivity index is 1.39. The highest BCUT2D eigenvalue weighted by molar-refractivity contribution is 6.07. The Hall–Kier alpha value is -3.88. The molecular weight excluding hydrogens is 399 g/mol. The fraction of sp³-hybridized carbons (Fsp3) is 0.227. The second-order valence-electron chi connectivity index (χ2n) is 7.56. The van der Waals surface area contributed by atoms with Crippen LogP contribution < -0.4 is 0 Å². The van der Waals surface area contributed by atoms with Crippen molar-refractivity contribution in [1.29, 1.82) is 0 Å². The van der Waals surface area contributed by atoms with Crippen molar-refractivity contribution in [3.8, 4) is 11.3 Å². The number of halogens is 1. The minimum absolute atomic E-state index is 0.00439. The van der Waals surface area contributed by atoms with Crippen LogP contribution in [0.5, 0.6) is 0 Å². The van der Waals surface area contributed by atoms with E-state index in [2.05, 4.69) is 15.1 Å². The van der Waals surface area contributed by atoms with Gasteiger partial charge in [-0.1, -0.05) is 30.3 Å². The smallest absolute Gasteiger partial charge is 0.258 e. The summed E-state index contributed by atoms with van der Waals surface area (Å²) in [5.74, 6) is -0.179. The molecule has 0 atom stereocenters. The molecule has 0 unspecified atom stereocenters. The van der Waals surface area contributed by atoms with Gasteiger partial charge in [0.25, 0.3) is 5.91 Å². The molecule has 1 fully saturated rings. The summed E-state index contributed by atoms with van der Waals surface area (Å²) in [6.45, 7) is 0.0897. The monoisotopic (exact) mass is 418 g/mol. The van der Waals surface area contributed by atoms with E-state index >= 15 is 0 Å². The standard InChI is InChI=1S/C22H19FN6O2/c1-27-20(17(10-24-27)21(31)29-11-15(23)12-29)19(30)9-16-7-8-28-13-18(26-22(28)25-16)14-5-3-2-4-6-14/h2-8,10,13,15H,9,11-12H2,1H3. The Labute approximate surface area is 177 Å². The molecule has 5 rings (SSSR count). The molecule has 0 saturated carbocycles. The molecule has 156 valence electrons. The van der Waals surface area contributed by atoms with Crippen molar-refractivity contribution >= 4 is 17.5 Å². The zero-order valence-corrected chi connectivity index (χ0v) is 16.8. The van der Waals surface area contributed by atoms with Crippen molar-refractivity contribution in [3.05, 3.63) is 71.9 Å². The topological polar surface area (TPSA) is 85.4 Å². The molecule has 9 heteroatoms. The molecule has 31 heavy (non-hydrogen) atoms. The summed E-state index contributed by atoms with van der Waals surface area (Å²) in [4.78, 5) is 36.0. The summed E-state index contributed by atoms with van der Waals surface area (Å²) in [5.41, 5.74) is 2.69. The lowest BCUT2D eigenvalue weighted by Gasteiger charge is -2.34. The molecule has 0 spiro atoms. The zero-order chi connectivity index (χ0) is 21.5. The van der Waals surface area contributed by atoms with Crippen LogP contribution in [0.1, 0.15) is 26.5 Å². The number of aryl methyl sites for hydroxylation is 1. The molecule has 1 aliphatic heterocycles. The first-order chi connectivity index (χ1) is 15.0. The average Bonchev–Trinajstić information content (AvgIpc) is 3.35. The third kappa shape index (κ3) is 3.48. The summed E-state index contributed by atoms with van der Waals surface area (Å²) in [6.07, 6.45) is 4.03. The summed E-state index contributed by atoms with van der Waals surface area (Å²) < 4.78 is 16.3. The normalized spacial score (nSPS) is 14.1. The van der Waals surface area contributed by atoms with E-state index in [0.717, 1.165) is 11.3 Å². The number of rotatable bonds is 5. The van der Waals surface area contributed by atoms with Crippen LogP contribution in [0.3, 0.4) is 0 Å². The van der Waals surface area contributed by atoms with Crippen molar-refractivity contribution in [2.45, 2.75) is 12.6 Å². The maximum absolute atomic E-state index is 13.1. The summed E-state index contributed by atoms with van der Waals surface area (Å²) in [7, 11) is 1.61. The number of likely N-dealkylation sites (tertiary alicyclic amines) is 1. The second-order valence-corrected chi connectivity index (χ2v) is 7.56. The first-order valence-electron chi connectivity index (χ1n) is 9.88. The van der Waals surface area contributed by atoms with Crippen molar-refractivity contribution in [2.24, 2.45) is 7.05 Å². The Morgan fingerprint density at radius 1 is 1.13 bits per heavy atom. The first-order valence-corrected chi connectivity index (χ1v) is 9.88. The molecule has 1 aliphatic rings. The van der Waals surface area contributed by atoms with Gasteiger partial charge in [0, 0.05) is 25.0 Å². The third-order valence-electron chi connectivity index (χ3n) is 5.35. The number of fused-ring (bicyclic) bond motifs is 1. The predicted molar refractivity (Wildman–Crippen MR) is 110 cm³/mol. The van der Waals surface area contributed by atoms with E-state index in [1.807, 2.05) is 36.5 Å². The Kier molecular flexibility index (Phi) is 4.58. The summed E-state index contributed by atoms with van der Waals surface area (Å²) >= 11 is 0. The van der Waals surface area contributed by atoms with Crippen molar-refractivity contribution < 1.29 is 14.0 Å². The Bertz CT molecular complexity index is 1290. The van der Waals surface area contributed by atoms with Gasteiger partial charge in [-0.15, -0.1) is 0 Å². The maximum atomic E-state index is 13.1. The fourth-order valence-electron chi connectivity index (χ4n) is 3.69. The Morgan fingerprint density at radius 2 is 1.90 bits per heavy atom. The van der Waals surface area contributed by atoms with Gasteiger partial charge in [-0.2, -0.15) is 5.10 Å². The van der Waals surface area contributed by atoms with E-state index in [1.54, 1.807) is 23.7 Å². The Morgan fingerprint density at radius 3 is 2.65 bits per heavy atom. The van der Waals surface area contributed by atoms with Crippen LogP contribution in [0.2, 0.25) is 0 Å². The van der Waals surface area contributed by atoms with Gasteiger partial charge in [-0.25, -0.2) is 14.4 Å². The number of hydrogen-bond acceptors (Lipinski definition) is 5. The van der Waals surface area contributed by atoms with E-state index in [4.69, 9.17) is 0 Å². The van der Waals surface area contributed by atoms with Crippen LogP contribution in [-0.4, -0.2) is 60.0 Å². The third-order valence-corrected chi connectivity index (χ3v) is 5.35. The fourth-order valence-corrected chi connectivity index (χ4v) is 3.69. The lowest BCUT2D eigenvalue weighted by Crippen LogP contribution is -2.51. The van der Waals surface area contributed by atoms with E-state index in [9.17, 15) is 14.0 Å². The summed E-state index contributed by atoms with van der Waals surface area (Å²) in [6, 6.07) is 11.5. The zero-order valence-electron chi connectivity index (χ0n) is 16.8. The number of ketones is 1. The highest BCUT2D eigenvalue weighted by atomic mass is 19.1. The molecule has 0 N–H and O–H groups in total. The number of benzene rings is 1. The predicted octanol–water partition coefficient (Wildman–Crippen LogP) is 2.35. The van der Waals surface area contributed by atoms with Gasteiger partial charge >= 0.3 is 0 Å².